The normalized spacial score (nSPS) is 18.8. The van der Waals surface area contributed by atoms with Gasteiger partial charge in [0.1, 0.15) is 5.82 Å². The summed E-state index contributed by atoms with van der Waals surface area (Å²) >= 11 is 0. The van der Waals surface area contributed by atoms with Gasteiger partial charge in [0.25, 0.3) is 5.91 Å². The van der Waals surface area contributed by atoms with Gasteiger partial charge in [-0.2, -0.15) is 14.1 Å². The number of nitrogens with two attached hydrogens (primary N) is 1. The first kappa shape index (κ1) is 20.4. The third kappa shape index (κ3) is 3.65. The fraction of sp³-hybridized carbons (Fsp3) is 0.421. The third-order valence-electron chi connectivity index (χ3n) is 5.52. The van der Waals surface area contributed by atoms with Gasteiger partial charge in [-0.05, 0) is 36.6 Å². The molecule has 10 nitrogen and oxygen atoms in total. The summed E-state index contributed by atoms with van der Waals surface area (Å²) in [6.45, 7) is 2.46. The number of fused-ring (bicyclic) bond motifs is 2. The number of sulfonamides is 1. The molecule has 0 spiro atoms. The van der Waals surface area contributed by atoms with Crippen LogP contribution in [-0.4, -0.2) is 53.7 Å². The van der Waals surface area contributed by atoms with Crippen LogP contribution in [0, 0.1) is 0 Å². The van der Waals surface area contributed by atoms with Gasteiger partial charge in [0.05, 0.1) is 24.4 Å². The van der Waals surface area contributed by atoms with E-state index in [1.54, 1.807) is 12.1 Å². The lowest BCUT2D eigenvalue weighted by atomic mass is 9.89. The van der Waals surface area contributed by atoms with E-state index < -0.39 is 15.9 Å². The fourth-order valence-electron chi connectivity index (χ4n) is 4.05. The van der Waals surface area contributed by atoms with Crippen LogP contribution in [0.3, 0.4) is 0 Å². The summed E-state index contributed by atoms with van der Waals surface area (Å²) in [7, 11) is -3.35. The van der Waals surface area contributed by atoms with Crippen molar-refractivity contribution in [2.75, 3.05) is 35.7 Å². The first-order valence-electron chi connectivity index (χ1n) is 9.66. The maximum Gasteiger partial charge on any atom is 0.256 e. The number of carbonyl (C=O) groups is 2. The predicted octanol–water partition coefficient (Wildman–Crippen LogP) is 0.981. The molecule has 1 aromatic heterocycles. The quantitative estimate of drug-likeness (QED) is 0.657. The average molecular weight is 433 g/mol. The molecule has 160 valence electrons. The van der Waals surface area contributed by atoms with Crippen molar-refractivity contribution in [1.29, 1.82) is 0 Å². The van der Waals surface area contributed by atoms with Crippen molar-refractivity contribution in [1.82, 2.24) is 14.1 Å². The van der Waals surface area contributed by atoms with E-state index in [-0.39, 0.29) is 24.2 Å². The molecule has 1 unspecified atom stereocenters. The van der Waals surface area contributed by atoms with Gasteiger partial charge in [-0.3, -0.25) is 9.59 Å². The smallest absolute Gasteiger partial charge is 0.256 e. The predicted molar refractivity (Wildman–Crippen MR) is 113 cm³/mol. The molecular weight excluding hydrogens is 408 g/mol. The first-order valence-corrected chi connectivity index (χ1v) is 11.5. The summed E-state index contributed by atoms with van der Waals surface area (Å²) in [6.07, 6.45) is 2.12. The van der Waals surface area contributed by atoms with Gasteiger partial charge in [0.2, 0.25) is 15.9 Å². The van der Waals surface area contributed by atoms with E-state index >= 15 is 0 Å². The highest BCUT2D eigenvalue weighted by molar-refractivity contribution is 7.88. The van der Waals surface area contributed by atoms with Crippen LogP contribution in [0.4, 0.5) is 17.2 Å². The van der Waals surface area contributed by atoms with Crippen LogP contribution in [0.15, 0.2) is 18.2 Å². The molecule has 0 bridgehead atoms. The molecule has 1 amide bonds. The molecule has 1 aromatic carbocycles. The Bertz CT molecular complexity index is 1140. The molecule has 2 aliphatic heterocycles. The van der Waals surface area contributed by atoms with E-state index in [9.17, 15) is 18.0 Å². The number of hydrogen-bond acceptors (Lipinski definition) is 7. The summed E-state index contributed by atoms with van der Waals surface area (Å²) in [5.41, 5.74) is 9.68. The standard InChI is InChI=1S/C19H24N6O4S/c1-11(26)22-12-3-4-16-15(9-12)13(5-7-21-16)19(27)25-18(20)14-6-8-24(30(2,28)29)10-17(14)23-25/h3-4,9,13,21H,5-8,10,20H2,1-2H3,(H,22,26). The van der Waals surface area contributed by atoms with Crippen LogP contribution < -0.4 is 16.4 Å². The molecule has 2 aliphatic rings. The highest BCUT2D eigenvalue weighted by Gasteiger charge is 2.33. The number of nitrogens with zero attached hydrogens (tertiary/aromatic N) is 3. The summed E-state index contributed by atoms with van der Waals surface area (Å²) in [6, 6.07) is 5.40. The highest BCUT2D eigenvalue weighted by atomic mass is 32.2. The molecule has 30 heavy (non-hydrogen) atoms. The van der Waals surface area contributed by atoms with Gasteiger partial charge in [0, 0.05) is 37.0 Å². The summed E-state index contributed by atoms with van der Waals surface area (Å²) in [5.74, 6) is -0.678. The highest BCUT2D eigenvalue weighted by Crippen LogP contribution is 2.36. The van der Waals surface area contributed by atoms with Crippen LogP contribution in [0.25, 0.3) is 0 Å². The summed E-state index contributed by atoms with van der Waals surface area (Å²) in [4.78, 5) is 24.8. The Hall–Kier alpha value is -2.92. The summed E-state index contributed by atoms with van der Waals surface area (Å²) in [5, 5.41) is 10.4. The molecule has 11 heteroatoms. The topological polar surface area (TPSA) is 139 Å². The van der Waals surface area contributed by atoms with Crippen LogP contribution >= 0.6 is 0 Å². The van der Waals surface area contributed by atoms with Crippen molar-refractivity contribution in [3.63, 3.8) is 0 Å². The monoisotopic (exact) mass is 432 g/mol. The molecule has 0 radical (unpaired) electrons. The van der Waals surface area contributed by atoms with Crippen LogP contribution in [0.1, 0.15) is 40.9 Å². The van der Waals surface area contributed by atoms with Crippen LogP contribution in [0.5, 0.6) is 0 Å². The second kappa shape index (κ2) is 7.40. The molecule has 4 N–H and O–H groups in total. The van der Waals surface area contributed by atoms with E-state index in [4.69, 9.17) is 5.73 Å². The van der Waals surface area contributed by atoms with E-state index in [0.29, 0.717) is 37.3 Å². The molecule has 0 saturated carbocycles. The number of anilines is 3. The fourth-order valence-corrected chi connectivity index (χ4v) is 4.83. The van der Waals surface area contributed by atoms with Gasteiger partial charge in [-0.15, -0.1) is 0 Å². The number of nitrogens with one attached hydrogen (secondary N) is 2. The first-order chi connectivity index (χ1) is 14.1. The zero-order chi connectivity index (χ0) is 21.6. The number of benzene rings is 1. The maximum absolute atomic E-state index is 13.4. The van der Waals surface area contributed by atoms with Crippen LogP contribution in [0.2, 0.25) is 0 Å². The van der Waals surface area contributed by atoms with Gasteiger partial charge < -0.3 is 16.4 Å². The lowest BCUT2D eigenvalue weighted by molar-refractivity contribution is -0.114. The molecule has 0 aliphatic carbocycles. The van der Waals surface area contributed by atoms with Crippen molar-refractivity contribution in [2.24, 2.45) is 0 Å². The Morgan fingerprint density at radius 3 is 2.80 bits per heavy atom. The Morgan fingerprint density at radius 2 is 2.10 bits per heavy atom. The Labute approximate surface area is 174 Å². The van der Waals surface area contributed by atoms with E-state index in [1.165, 1.54) is 15.9 Å². The van der Waals surface area contributed by atoms with Gasteiger partial charge >= 0.3 is 0 Å². The third-order valence-corrected chi connectivity index (χ3v) is 6.77. The molecule has 1 atom stereocenters. The summed E-state index contributed by atoms with van der Waals surface area (Å²) < 4.78 is 26.3. The van der Waals surface area contributed by atoms with Gasteiger partial charge in [-0.25, -0.2) is 8.42 Å². The molecule has 0 saturated heterocycles. The zero-order valence-corrected chi connectivity index (χ0v) is 17.6. The number of amides is 1. The maximum atomic E-state index is 13.4. The second-order valence-electron chi connectivity index (χ2n) is 7.66. The van der Waals surface area contributed by atoms with Crippen molar-refractivity contribution in [3.05, 3.63) is 35.0 Å². The Kier molecular flexibility index (Phi) is 5.02. The van der Waals surface area contributed by atoms with Gasteiger partial charge in [-0.1, -0.05) is 0 Å². The van der Waals surface area contributed by atoms with E-state index in [2.05, 4.69) is 15.7 Å². The van der Waals surface area contributed by atoms with Crippen molar-refractivity contribution >= 4 is 39.0 Å². The minimum atomic E-state index is -3.35. The minimum absolute atomic E-state index is 0.105. The van der Waals surface area contributed by atoms with Crippen LogP contribution in [-0.2, 0) is 27.8 Å². The van der Waals surface area contributed by atoms with Crippen molar-refractivity contribution in [3.8, 4) is 0 Å². The molecule has 3 heterocycles. The van der Waals surface area contributed by atoms with Crippen molar-refractivity contribution < 1.29 is 18.0 Å². The average Bonchev–Trinajstić information content (AvgIpc) is 3.02. The lowest BCUT2D eigenvalue weighted by Crippen LogP contribution is -2.35. The number of rotatable bonds is 3. The minimum Gasteiger partial charge on any atom is -0.385 e. The Morgan fingerprint density at radius 1 is 1.33 bits per heavy atom. The van der Waals surface area contributed by atoms with Crippen molar-refractivity contribution in [2.45, 2.75) is 32.2 Å². The molecule has 0 fully saturated rings. The molecular formula is C19H24N6O4S. The number of aromatic nitrogens is 2. The molecule has 2 aromatic rings. The Balaban J connectivity index is 1.67. The molecule has 4 rings (SSSR count). The zero-order valence-electron chi connectivity index (χ0n) is 16.8. The van der Waals surface area contributed by atoms with E-state index in [0.717, 1.165) is 23.1 Å². The number of hydrogen-bond donors (Lipinski definition) is 3. The van der Waals surface area contributed by atoms with E-state index in [1.807, 2.05) is 6.07 Å². The number of nitrogen functional groups attached to an aromatic ring is 1. The largest absolute Gasteiger partial charge is 0.385 e. The second-order valence-corrected chi connectivity index (χ2v) is 9.64. The lowest BCUT2D eigenvalue weighted by Gasteiger charge is -2.26. The SMILES string of the molecule is CC(=O)Nc1ccc2c(c1)C(C(=O)n1nc3c(c1N)CCN(S(C)(=O)=O)C3)CCN2. The van der Waals surface area contributed by atoms with Gasteiger partial charge in [0.15, 0.2) is 0 Å². The number of carbonyl (C=O) groups excluding carboxylic acids is 2.